The molecule has 1 aliphatic heterocycles. The van der Waals surface area contributed by atoms with E-state index in [1.807, 2.05) is 6.92 Å². The molecule has 1 unspecified atom stereocenters. The molecule has 0 spiro atoms. The molecular weight excluding hydrogens is 318 g/mol. The minimum Gasteiger partial charge on any atom is -0.383 e. The number of nitrogens with one attached hydrogen (secondary N) is 1. The molecule has 23 heavy (non-hydrogen) atoms. The summed E-state index contributed by atoms with van der Waals surface area (Å²) in [4.78, 5) is 14.9. The number of hydrogen-bond acceptors (Lipinski definition) is 6. The minimum absolute atomic E-state index is 0.0142. The van der Waals surface area contributed by atoms with Gasteiger partial charge in [0.15, 0.2) is 9.84 Å². The van der Waals surface area contributed by atoms with Crippen LogP contribution in [-0.2, 0) is 9.84 Å². The normalized spacial score (nSPS) is 19.8. The Hall–Kier alpha value is -2.22. The van der Waals surface area contributed by atoms with Crippen LogP contribution in [0.5, 0.6) is 0 Å². The van der Waals surface area contributed by atoms with E-state index in [1.165, 1.54) is 12.1 Å². The van der Waals surface area contributed by atoms with Crippen LogP contribution in [0, 0.1) is 17.0 Å². The number of nitro benzene ring substituents is 1. The number of sulfone groups is 1. The molecule has 0 aliphatic carbocycles. The average molecular weight is 335 g/mol. The van der Waals surface area contributed by atoms with Crippen LogP contribution in [0.15, 0.2) is 24.3 Å². The maximum absolute atomic E-state index is 11.9. The third kappa shape index (κ3) is 3.12. The number of fused-ring (bicyclic) bond motifs is 1. The van der Waals surface area contributed by atoms with Crippen molar-refractivity contribution < 1.29 is 13.3 Å². The Morgan fingerprint density at radius 2 is 2.17 bits per heavy atom. The van der Waals surface area contributed by atoms with Gasteiger partial charge in [0.05, 0.1) is 21.4 Å². The molecular formula is C15H17N3O4S. The van der Waals surface area contributed by atoms with Crippen LogP contribution in [0.25, 0.3) is 10.9 Å². The summed E-state index contributed by atoms with van der Waals surface area (Å²) < 4.78 is 23.8. The van der Waals surface area contributed by atoms with Crippen LogP contribution in [0.4, 0.5) is 11.4 Å². The fourth-order valence-corrected chi connectivity index (χ4v) is 4.68. The highest BCUT2D eigenvalue weighted by Gasteiger charge is 2.31. The van der Waals surface area contributed by atoms with Gasteiger partial charge in [0.25, 0.3) is 5.69 Å². The Morgan fingerprint density at radius 3 is 2.83 bits per heavy atom. The number of anilines is 1. The summed E-state index contributed by atoms with van der Waals surface area (Å²) >= 11 is 0. The molecule has 0 amide bonds. The number of nitro groups is 1. The number of non-ortho nitro benzene ring substituents is 1. The Bertz CT molecular complexity index is 880. The van der Waals surface area contributed by atoms with Crippen molar-refractivity contribution in [2.75, 3.05) is 17.6 Å². The first-order chi connectivity index (χ1) is 10.9. The van der Waals surface area contributed by atoms with Gasteiger partial charge in [-0.15, -0.1) is 0 Å². The molecule has 3 rings (SSSR count). The zero-order chi connectivity index (χ0) is 16.6. The van der Waals surface area contributed by atoms with Crippen molar-refractivity contribution in [3.63, 3.8) is 0 Å². The van der Waals surface area contributed by atoms with Crippen molar-refractivity contribution >= 4 is 32.1 Å². The lowest BCUT2D eigenvalue weighted by Crippen LogP contribution is -2.25. The summed E-state index contributed by atoms with van der Waals surface area (Å²) in [5.74, 6) is 0.237. The van der Waals surface area contributed by atoms with Gasteiger partial charge in [0.1, 0.15) is 0 Å². The third-order valence-corrected chi connectivity index (χ3v) is 6.39. The van der Waals surface area contributed by atoms with Crippen LogP contribution >= 0.6 is 0 Å². The number of rotatable bonds is 4. The van der Waals surface area contributed by atoms with Crippen molar-refractivity contribution in [1.29, 1.82) is 0 Å². The molecule has 8 heteroatoms. The third-order valence-electron chi connectivity index (χ3n) is 4.11. The predicted octanol–water partition coefficient (Wildman–Crippen LogP) is 2.44. The van der Waals surface area contributed by atoms with E-state index in [0.29, 0.717) is 36.0 Å². The lowest BCUT2D eigenvalue weighted by Gasteiger charge is -2.14. The topological polar surface area (TPSA) is 102 Å². The summed E-state index contributed by atoms with van der Waals surface area (Å²) in [6, 6.07) is 6.28. The average Bonchev–Trinajstić information content (AvgIpc) is 2.82. The van der Waals surface area contributed by atoms with Crippen LogP contribution in [0.1, 0.15) is 18.5 Å². The summed E-state index contributed by atoms with van der Waals surface area (Å²) in [5.41, 5.74) is 2.08. The van der Waals surface area contributed by atoms with Crippen molar-refractivity contribution in [2.24, 2.45) is 0 Å². The molecule has 1 N–H and O–H groups in total. The number of aromatic nitrogens is 1. The molecule has 1 saturated heterocycles. The first kappa shape index (κ1) is 15.7. The zero-order valence-electron chi connectivity index (χ0n) is 12.7. The molecule has 1 aliphatic rings. The lowest BCUT2D eigenvalue weighted by atomic mass is 10.1. The molecule has 0 radical (unpaired) electrons. The number of pyridine rings is 1. The fraction of sp³-hybridized carbons (Fsp3) is 0.400. The quantitative estimate of drug-likeness (QED) is 0.680. The van der Waals surface area contributed by atoms with Gasteiger partial charge in [-0.25, -0.2) is 8.42 Å². The SMILES string of the molecule is Cc1cc(NCC2CCCS2(=O)=O)c2cc([N+](=O)[O-])ccc2n1. The zero-order valence-corrected chi connectivity index (χ0v) is 13.5. The van der Waals surface area contributed by atoms with E-state index < -0.39 is 20.0 Å². The van der Waals surface area contributed by atoms with Gasteiger partial charge in [0.2, 0.25) is 0 Å². The number of benzene rings is 1. The molecule has 7 nitrogen and oxygen atoms in total. The molecule has 2 aromatic rings. The van der Waals surface area contributed by atoms with Crippen LogP contribution in [-0.4, -0.2) is 35.9 Å². The smallest absolute Gasteiger partial charge is 0.270 e. The molecule has 1 atom stereocenters. The van der Waals surface area contributed by atoms with E-state index in [9.17, 15) is 18.5 Å². The summed E-state index contributed by atoms with van der Waals surface area (Å²) in [5, 5.41) is 14.3. The van der Waals surface area contributed by atoms with Gasteiger partial charge in [-0.05, 0) is 31.9 Å². The lowest BCUT2D eigenvalue weighted by molar-refractivity contribution is -0.384. The van der Waals surface area contributed by atoms with Crippen molar-refractivity contribution in [1.82, 2.24) is 4.98 Å². The summed E-state index contributed by atoms with van der Waals surface area (Å²) in [6.07, 6.45) is 1.34. The van der Waals surface area contributed by atoms with Gasteiger partial charge in [0, 0.05) is 35.4 Å². The van der Waals surface area contributed by atoms with Gasteiger partial charge in [-0.1, -0.05) is 0 Å². The van der Waals surface area contributed by atoms with Crippen LogP contribution in [0.2, 0.25) is 0 Å². The van der Waals surface area contributed by atoms with Crippen LogP contribution in [0.3, 0.4) is 0 Å². The first-order valence-electron chi connectivity index (χ1n) is 7.38. The number of aryl methyl sites for hydroxylation is 1. The molecule has 122 valence electrons. The monoisotopic (exact) mass is 335 g/mol. The standard InChI is InChI=1S/C15H17N3O4S/c1-10-7-15(16-9-12-3-2-6-23(12,21)22)13-8-11(18(19)20)4-5-14(13)17-10/h4-5,7-8,12H,2-3,6,9H2,1H3,(H,16,17). The Balaban J connectivity index is 1.95. The highest BCUT2D eigenvalue weighted by Crippen LogP contribution is 2.28. The maximum atomic E-state index is 11.9. The van der Waals surface area contributed by atoms with E-state index in [2.05, 4.69) is 10.3 Å². The largest absolute Gasteiger partial charge is 0.383 e. The van der Waals surface area contributed by atoms with Gasteiger partial charge < -0.3 is 5.32 Å². The Kier molecular flexibility index (Phi) is 3.93. The molecule has 1 aromatic carbocycles. The van der Waals surface area contributed by atoms with E-state index in [0.717, 1.165) is 5.69 Å². The van der Waals surface area contributed by atoms with Gasteiger partial charge in [-0.2, -0.15) is 0 Å². The second-order valence-corrected chi connectivity index (χ2v) is 8.18. The van der Waals surface area contributed by atoms with E-state index in [-0.39, 0.29) is 11.4 Å². The summed E-state index contributed by atoms with van der Waals surface area (Å²) in [7, 11) is -3.03. The highest BCUT2D eigenvalue weighted by molar-refractivity contribution is 7.92. The Labute approximate surface area is 133 Å². The first-order valence-corrected chi connectivity index (χ1v) is 9.09. The number of hydrogen-bond donors (Lipinski definition) is 1. The summed E-state index contributed by atoms with van der Waals surface area (Å²) in [6.45, 7) is 2.14. The molecule has 2 heterocycles. The molecule has 1 fully saturated rings. The molecule has 0 bridgehead atoms. The van der Waals surface area contributed by atoms with Crippen molar-refractivity contribution in [2.45, 2.75) is 25.0 Å². The second-order valence-electron chi connectivity index (χ2n) is 5.78. The maximum Gasteiger partial charge on any atom is 0.270 e. The fourth-order valence-electron chi connectivity index (χ4n) is 2.92. The Morgan fingerprint density at radius 1 is 1.39 bits per heavy atom. The minimum atomic E-state index is -3.03. The van der Waals surface area contributed by atoms with Crippen molar-refractivity contribution in [3.8, 4) is 0 Å². The van der Waals surface area contributed by atoms with Gasteiger partial charge >= 0.3 is 0 Å². The van der Waals surface area contributed by atoms with Crippen LogP contribution < -0.4 is 5.32 Å². The van der Waals surface area contributed by atoms with E-state index >= 15 is 0 Å². The highest BCUT2D eigenvalue weighted by atomic mass is 32.2. The second kappa shape index (κ2) is 5.77. The molecule has 0 saturated carbocycles. The molecule has 1 aromatic heterocycles. The van der Waals surface area contributed by atoms with E-state index in [4.69, 9.17) is 0 Å². The predicted molar refractivity (Wildman–Crippen MR) is 88.4 cm³/mol. The van der Waals surface area contributed by atoms with Gasteiger partial charge in [-0.3, -0.25) is 15.1 Å². The number of nitrogens with zero attached hydrogens (tertiary/aromatic N) is 2. The van der Waals surface area contributed by atoms with Crippen molar-refractivity contribution in [3.05, 3.63) is 40.1 Å². The van der Waals surface area contributed by atoms with E-state index in [1.54, 1.807) is 12.1 Å².